The average Bonchev–Trinajstić information content (AvgIpc) is 2.26. The first-order valence-corrected chi connectivity index (χ1v) is 5.70. The zero-order valence-electron chi connectivity index (χ0n) is 10.2. The molecule has 2 heterocycles. The Morgan fingerprint density at radius 2 is 2.24 bits per heavy atom. The fraction of sp³-hybridized carbons (Fsp3) is 0.667. The minimum atomic E-state index is -0.853. The average molecular weight is 262 g/mol. The highest BCUT2D eigenvalue weighted by atomic mass is 35.5. The predicted octanol–water partition coefficient (Wildman–Crippen LogP) is 1.36. The highest BCUT2D eigenvalue weighted by molar-refractivity contribution is 5.85. The molecule has 0 fully saturated rings. The van der Waals surface area contributed by atoms with Crippen LogP contribution in [-0.4, -0.2) is 36.5 Å². The third-order valence-corrected chi connectivity index (χ3v) is 2.72. The third-order valence-electron chi connectivity index (χ3n) is 2.72. The molecule has 4 nitrogen and oxygen atoms in total. The molecular formula is C12H20ClNO3. The quantitative estimate of drug-likeness (QED) is 0.805. The van der Waals surface area contributed by atoms with Crippen LogP contribution in [0.15, 0.2) is 23.7 Å². The van der Waals surface area contributed by atoms with Gasteiger partial charge in [-0.3, -0.25) is 0 Å². The van der Waals surface area contributed by atoms with Crippen molar-refractivity contribution in [3.63, 3.8) is 0 Å². The van der Waals surface area contributed by atoms with E-state index in [4.69, 9.17) is 9.47 Å². The Hall–Kier alpha value is -0.710. The molecule has 5 heteroatoms. The lowest BCUT2D eigenvalue weighted by molar-refractivity contribution is -0.0566. The second kappa shape index (κ2) is 5.76. The van der Waals surface area contributed by atoms with E-state index >= 15 is 0 Å². The van der Waals surface area contributed by atoms with Gasteiger partial charge in [0.05, 0.1) is 0 Å². The highest BCUT2D eigenvalue weighted by Gasteiger charge is 2.36. The van der Waals surface area contributed by atoms with Gasteiger partial charge < -0.3 is 19.9 Å². The van der Waals surface area contributed by atoms with E-state index in [2.05, 4.69) is 19.2 Å². The molecule has 0 amide bonds. The second-order valence-corrected chi connectivity index (χ2v) is 4.73. The van der Waals surface area contributed by atoms with Crippen molar-refractivity contribution in [1.29, 1.82) is 0 Å². The van der Waals surface area contributed by atoms with E-state index in [9.17, 15) is 5.11 Å². The van der Waals surface area contributed by atoms with Gasteiger partial charge in [0.15, 0.2) is 5.76 Å². The SMILES string of the molecule is CC(C)NCC1(O)COC2=C(C1)OCC=C2.Cl. The molecule has 0 aromatic rings. The van der Waals surface area contributed by atoms with Gasteiger partial charge in [-0.05, 0) is 12.2 Å². The molecule has 0 radical (unpaired) electrons. The number of hydrogen-bond donors (Lipinski definition) is 2. The molecule has 0 saturated carbocycles. The number of rotatable bonds is 3. The van der Waals surface area contributed by atoms with Gasteiger partial charge in [0.25, 0.3) is 0 Å². The minimum absolute atomic E-state index is 0. The van der Waals surface area contributed by atoms with Gasteiger partial charge in [0.1, 0.15) is 24.6 Å². The summed E-state index contributed by atoms with van der Waals surface area (Å²) in [5, 5.41) is 13.6. The van der Waals surface area contributed by atoms with Crippen molar-refractivity contribution in [1.82, 2.24) is 5.32 Å². The van der Waals surface area contributed by atoms with Gasteiger partial charge in [-0.2, -0.15) is 0 Å². The molecule has 1 atom stereocenters. The Labute approximate surface area is 108 Å². The molecule has 2 rings (SSSR count). The molecule has 0 aliphatic carbocycles. The number of hydrogen-bond acceptors (Lipinski definition) is 4. The Morgan fingerprint density at radius 1 is 1.47 bits per heavy atom. The number of ether oxygens (including phenoxy) is 2. The zero-order valence-corrected chi connectivity index (χ0v) is 11.0. The Bertz CT molecular complexity index is 328. The van der Waals surface area contributed by atoms with Crippen LogP contribution in [0.25, 0.3) is 0 Å². The Morgan fingerprint density at radius 3 is 2.94 bits per heavy atom. The van der Waals surface area contributed by atoms with E-state index in [1.165, 1.54) is 0 Å². The molecule has 98 valence electrons. The molecular weight excluding hydrogens is 242 g/mol. The van der Waals surface area contributed by atoms with Crippen molar-refractivity contribution >= 4 is 12.4 Å². The van der Waals surface area contributed by atoms with Gasteiger partial charge >= 0.3 is 0 Å². The van der Waals surface area contributed by atoms with Gasteiger partial charge in [-0.15, -0.1) is 12.4 Å². The van der Waals surface area contributed by atoms with Crippen LogP contribution in [-0.2, 0) is 9.47 Å². The summed E-state index contributed by atoms with van der Waals surface area (Å²) in [6.45, 7) is 5.51. The number of halogens is 1. The van der Waals surface area contributed by atoms with Crippen molar-refractivity contribution < 1.29 is 14.6 Å². The van der Waals surface area contributed by atoms with Crippen LogP contribution in [0.2, 0.25) is 0 Å². The summed E-state index contributed by atoms with van der Waals surface area (Å²) in [7, 11) is 0. The van der Waals surface area contributed by atoms with E-state index in [1.807, 2.05) is 12.2 Å². The molecule has 2 aliphatic rings. The molecule has 1 unspecified atom stereocenters. The van der Waals surface area contributed by atoms with E-state index in [1.54, 1.807) is 0 Å². The van der Waals surface area contributed by atoms with Gasteiger partial charge in [-0.25, -0.2) is 0 Å². The van der Waals surface area contributed by atoms with Gasteiger partial charge in [0, 0.05) is 19.0 Å². The van der Waals surface area contributed by atoms with Crippen LogP contribution in [0.4, 0.5) is 0 Å². The molecule has 0 spiro atoms. The van der Waals surface area contributed by atoms with Crippen LogP contribution >= 0.6 is 12.4 Å². The number of nitrogens with one attached hydrogen (secondary N) is 1. The fourth-order valence-electron chi connectivity index (χ4n) is 1.80. The summed E-state index contributed by atoms with van der Waals surface area (Å²) >= 11 is 0. The third kappa shape index (κ3) is 3.63. The molecule has 2 aliphatic heterocycles. The largest absolute Gasteiger partial charge is 0.490 e. The van der Waals surface area contributed by atoms with Crippen LogP contribution in [0.1, 0.15) is 20.3 Å². The second-order valence-electron chi connectivity index (χ2n) is 4.73. The van der Waals surface area contributed by atoms with Crippen molar-refractivity contribution in [2.45, 2.75) is 31.9 Å². The van der Waals surface area contributed by atoms with E-state index in [0.29, 0.717) is 32.2 Å². The maximum atomic E-state index is 10.3. The maximum Gasteiger partial charge on any atom is 0.156 e. The van der Waals surface area contributed by atoms with Crippen LogP contribution < -0.4 is 5.32 Å². The summed E-state index contributed by atoms with van der Waals surface area (Å²) in [6, 6.07) is 0.353. The number of aliphatic hydroxyl groups is 1. The topological polar surface area (TPSA) is 50.7 Å². The van der Waals surface area contributed by atoms with Crippen molar-refractivity contribution in [2.75, 3.05) is 19.8 Å². The minimum Gasteiger partial charge on any atom is -0.490 e. The smallest absolute Gasteiger partial charge is 0.156 e. The first kappa shape index (κ1) is 14.4. The molecule has 17 heavy (non-hydrogen) atoms. The molecule has 0 aromatic heterocycles. The summed E-state index contributed by atoms with van der Waals surface area (Å²) in [4.78, 5) is 0. The van der Waals surface area contributed by atoms with E-state index in [0.717, 1.165) is 11.5 Å². The summed E-state index contributed by atoms with van der Waals surface area (Å²) in [5.74, 6) is 1.53. The molecule has 2 N–H and O–H groups in total. The first-order valence-electron chi connectivity index (χ1n) is 5.70. The van der Waals surface area contributed by atoms with Crippen LogP contribution in [0.3, 0.4) is 0 Å². The molecule has 0 bridgehead atoms. The van der Waals surface area contributed by atoms with Crippen molar-refractivity contribution in [3.05, 3.63) is 23.7 Å². The Kier molecular flexibility index (Phi) is 4.86. The lowest BCUT2D eigenvalue weighted by Crippen LogP contribution is -2.48. The summed E-state index contributed by atoms with van der Waals surface area (Å²) in [6.07, 6.45) is 4.34. The van der Waals surface area contributed by atoms with E-state index in [-0.39, 0.29) is 12.4 Å². The van der Waals surface area contributed by atoms with Crippen molar-refractivity contribution in [2.24, 2.45) is 0 Å². The fourth-order valence-corrected chi connectivity index (χ4v) is 1.80. The standard InChI is InChI=1S/C12H19NO3.ClH/c1-9(2)13-7-12(14)6-11-10(16-8-12)4-3-5-15-11;/h3-4,9,13-14H,5-8H2,1-2H3;1H. The lowest BCUT2D eigenvalue weighted by Gasteiger charge is -2.35. The summed E-state index contributed by atoms with van der Waals surface area (Å²) < 4.78 is 11.0. The van der Waals surface area contributed by atoms with E-state index < -0.39 is 5.60 Å². The Balaban J connectivity index is 0.00000144. The van der Waals surface area contributed by atoms with Gasteiger partial charge in [0.2, 0.25) is 0 Å². The molecule has 0 aromatic carbocycles. The predicted molar refractivity (Wildman–Crippen MR) is 68.0 cm³/mol. The number of allylic oxidation sites excluding steroid dienone is 1. The maximum absolute atomic E-state index is 10.3. The summed E-state index contributed by atoms with van der Waals surface area (Å²) in [5.41, 5.74) is -0.853. The lowest BCUT2D eigenvalue weighted by atomic mass is 9.96. The normalized spacial score (nSPS) is 27.1. The highest BCUT2D eigenvalue weighted by Crippen LogP contribution is 2.30. The van der Waals surface area contributed by atoms with Crippen LogP contribution in [0.5, 0.6) is 0 Å². The van der Waals surface area contributed by atoms with Crippen LogP contribution in [0, 0.1) is 0 Å². The monoisotopic (exact) mass is 261 g/mol. The van der Waals surface area contributed by atoms with Crippen molar-refractivity contribution in [3.8, 4) is 0 Å². The first-order chi connectivity index (χ1) is 7.59. The zero-order chi connectivity index (χ0) is 11.6. The molecule has 0 saturated heterocycles. The van der Waals surface area contributed by atoms with Gasteiger partial charge in [-0.1, -0.05) is 13.8 Å².